The van der Waals surface area contributed by atoms with Crippen molar-refractivity contribution < 1.29 is 4.79 Å². The summed E-state index contributed by atoms with van der Waals surface area (Å²) < 4.78 is 1.11. The highest BCUT2D eigenvalue weighted by molar-refractivity contribution is 7.20. The van der Waals surface area contributed by atoms with Crippen LogP contribution in [0.4, 0.5) is 17.2 Å². The number of anilines is 3. The second-order valence-corrected chi connectivity index (χ2v) is 8.86. The van der Waals surface area contributed by atoms with Crippen molar-refractivity contribution in [2.75, 3.05) is 23.0 Å². The average Bonchev–Trinajstić information content (AvgIpc) is 3.28. The number of hydrogen-bond acceptors (Lipinski definition) is 6. The summed E-state index contributed by atoms with van der Waals surface area (Å²) in [5, 5.41) is 11.7. The number of carbonyl (C=O) groups excluding carboxylic acids is 1. The molecule has 2 aromatic heterocycles. The van der Waals surface area contributed by atoms with Gasteiger partial charge in [-0.3, -0.25) is 4.79 Å². The Bertz CT molecular complexity index is 1440. The second kappa shape index (κ2) is 8.88. The molecule has 0 saturated heterocycles. The van der Waals surface area contributed by atoms with E-state index in [0.717, 1.165) is 49.3 Å². The average molecular weight is 454 g/mol. The van der Waals surface area contributed by atoms with Gasteiger partial charge in [0.1, 0.15) is 12.1 Å². The fraction of sp³-hybridized carbons (Fsp3) is 0.115. The molecule has 0 aliphatic heterocycles. The molecule has 0 saturated carbocycles. The number of carbonyl (C=O) groups is 1. The maximum atomic E-state index is 12.8. The minimum Gasteiger partial charge on any atom is -0.381 e. The molecular formula is C26H23N5OS. The Hall–Kier alpha value is -3.97. The first-order valence-corrected chi connectivity index (χ1v) is 11.5. The number of aryl methyl sites for hydroxylation is 1. The van der Waals surface area contributed by atoms with Gasteiger partial charge in [0.2, 0.25) is 0 Å². The fourth-order valence-corrected chi connectivity index (χ4v) is 4.82. The van der Waals surface area contributed by atoms with Gasteiger partial charge in [0.15, 0.2) is 0 Å². The summed E-state index contributed by atoms with van der Waals surface area (Å²) in [6.07, 6.45) is 1.58. The summed E-state index contributed by atoms with van der Waals surface area (Å²) in [6, 6.07) is 21.9. The van der Waals surface area contributed by atoms with Gasteiger partial charge >= 0.3 is 0 Å². The van der Waals surface area contributed by atoms with E-state index in [2.05, 4.69) is 32.0 Å². The summed E-state index contributed by atoms with van der Waals surface area (Å²) in [7, 11) is 1.86. The van der Waals surface area contributed by atoms with Crippen LogP contribution < -0.4 is 16.0 Å². The molecule has 0 fully saturated rings. The Labute approximate surface area is 195 Å². The van der Waals surface area contributed by atoms with E-state index in [-0.39, 0.29) is 5.91 Å². The monoisotopic (exact) mass is 453 g/mol. The molecule has 0 bridgehead atoms. The van der Waals surface area contributed by atoms with E-state index in [0.29, 0.717) is 11.4 Å². The summed E-state index contributed by atoms with van der Waals surface area (Å²) in [5.74, 6) is 0.709. The third kappa shape index (κ3) is 4.23. The first-order chi connectivity index (χ1) is 16.1. The predicted molar refractivity (Wildman–Crippen MR) is 137 cm³/mol. The molecule has 5 aromatic rings. The van der Waals surface area contributed by atoms with Crippen molar-refractivity contribution in [3.05, 3.63) is 89.1 Å². The lowest BCUT2D eigenvalue weighted by molar-refractivity contribution is 0.103. The van der Waals surface area contributed by atoms with Gasteiger partial charge < -0.3 is 16.0 Å². The van der Waals surface area contributed by atoms with Crippen LogP contribution in [0.5, 0.6) is 0 Å². The number of nitrogens with one attached hydrogen (secondary N) is 3. The van der Waals surface area contributed by atoms with Crippen LogP contribution in [-0.4, -0.2) is 22.9 Å². The number of thiophene rings is 1. The lowest BCUT2D eigenvalue weighted by atomic mass is 10.1. The third-order valence-electron chi connectivity index (χ3n) is 5.60. The van der Waals surface area contributed by atoms with Crippen LogP contribution in [0.25, 0.3) is 21.0 Å². The molecule has 2 heterocycles. The van der Waals surface area contributed by atoms with E-state index in [4.69, 9.17) is 0 Å². The SMILES string of the molecule is CNc1ncnc2c(CNc3cc(NC(=O)c4cc5ccccc5s4)ccc3C)cccc12. The van der Waals surface area contributed by atoms with Crippen molar-refractivity contribution in [2.24, 2.45) is 0 Å². The molecule has 3 aromatic carbocycles. The molecule has 33 heavy (non-hydrogen) atoms. The highest BCUT2D eigenvalue weighted by Gasteiger charge is 2.12. The van der Waals surface area contributed by atoms with Crippen LogP contribution in [0.15, 0.2) is 73.1 Å². The Morgan fingerprint density at radius 2 is 1.88 bits per heavy atom. The smallest absolute Gasteiger partial charge is 0.265 e. The van der Waals surface area contributed by atoms with E-state index < -0.39 is 0 Å². The molecule has 0 radical (unpaired) electrons. The molecular weight excluding hydrogens is 430 g/mol. The molecule has 6 nitrogen and oxygen atoms in total. The molecule has 164 valence electrons. The molecule has 0 aliphatic carbocycles. The first kappa shape index (κ1) is 20.9. The molecule has 0 aliphatic rings. The lowest BCUT2D eigenvalue weighted by Crippen LogP contribution is -2.11. The largest absolute Gasteiger partial charge is 0.381 e. The van der Waals surface area contributed by atoms with Crippen LogP contribution >= 0.6 is 11.3 Å². The normalized spacial score (nSPS) is 11.0. The highest BCUT2D eigenvalue weighted by Crippen LogP contribution is 2.28. The van der Waals surface area contributed by atoms with Gasteiger partial charge in [-0.15, -0.1) is 11.3 Å². The summed E-state index contributed by atoms with van der Waals surface area (Å²) >= 11 is 1.50. The number of fused-ring (bicyclic) bond motifs is 2. The third-order valence-corrected chi connectivity index (χ3v) is 6.71. The Morgan fingerprint density at radius 1 is 1.00 bits per heavy atom. The maximum absolute atomic E-state index is 12.8. The summed E-state index contributed by atoms with van der Waals surface area (Å²) in [5.41, 5.74) is 4.80. The minimum absolute atomic E-state index is 0.101. The van der Waals surface area contributed by atoms with Crippen molar-refractivity contribution in [3.63, 3.8) is 0 Å². The van der Waals surface area contributed by atoms with Crippen LogP contribution in [0.3, 0.4) is 0 Å². The van der Waals surface area contributed by atoms with Crippen molar-refractivity contribution >= 4 is 55.4 Å². The molecule has 0 atom stereocenters. The number of nitrogens with zero attached hydrogens (tertiary/aromatic N) is 2. The van der Waals surface area contributed by atoms with Crippen molar-refractivity contribution in [1.82, 2.24) is 9.97 Å². The Morgan fingerprint density at radius 3 is 2.73 bits per heavy atom. The molecule has 0 spiro atoms. The van der Waals surface area contributed by atoms with Gasteiger partial charge in [0.05, 0.1) is 10.4 Å². The van der Waals surface area contributed by atoms with Crippen LogP contribution in [0.2, 0.25) is 0 Å². The van der Waals surface area contributed by atoms with E-state index in [9.17, 15) is 4.79 Å². The van der Waals surface area contributed by atoms with Gasteiger partial charge in [-0.05, 0) is 53.8 Å². The predicted octanol–water partition coefficient (Wildman–Crippen LogP) is 6.06. The molecule has 3 N–H and O–H groups in total. The molecule has 1 amide bonds. The van der Waals surface area contributed by atoms with Crippen LogP contribution in [0, 0.1) is 6.92 Å². The van der Waals surface area contributed by atoms with Crippen molar-refractivity contribution in [1.29, 1.82) is 0 Å². The molecule has 0 unspecified atom stereocenters. The van der Waals surface area contributed by atoms with Crippen LogP contribution in [-0.2, 0) is 6.54 Å². The standard InChI is InChI=1S/C26H23N5OS/c1-16-10-11-19(31-26(32)23-12-17-6-3-4-9-22(17)33-23)13-21(16)28-14-18-7-5-8-20-24(18)29-15-30-25(20)27-2/h3-13,15,28H,14H2,1-2H3,(H,31,32)(H,27,29,30). The van der Waals surface area contributed by atoms with Gasteiger partial charge in [-0.2, -0.15) is 0 Å². The summed E-state index contributed by atoms with van der Waals surface area (Å²) in [6.45, 7) is 2.65. The fourth-order valence-electron chi connectivity index (χ4n) is 3.86. The van der Waals surface area contributed by atoms with Crippen molar-refractivity contribution in [2.45, 2.75) is 13.5 Å². The number of para-hydroxylation sites is 1. The summed E-state index contributed by atoms with van der Waals surface area (Å²) in [4.78, 5) is 22.3. The van der Waals surface area contributed by atoms with Gasteiger partial charge in [0, 0.05) is 35.1 Å². The van der Waals surface area contributed by atoms with Gasteiger partial charge in [0.25, 0.3) is 5.91 Å². The second-order valence-electron chi connectivity index (χ2n) is 7.77. The van der Waals surface area contributed by atoms with Crippen LogP contribution in [0.1, 0.15) is 20.8 Å². The van der Waals surface area contributed by atoms with Crippen molar-refractivity contribution in [3.8, 4) is 0 Å². The highest BCUT2D eigenvalue weighted by atomic mass is 32.1. The van der Waals surface area contributed by atoms with E-state index >= 15 is 0 Å². The maximum Gasteiger partial charge on any atom is 0.265 e. The van der Waals surface area contributed by atoms with Gasteiger partial charge in [-0.25, -0.2) is 9.97 Å². The van der Waals surface area contributed by atoms with E-state index in [1.165, 1.54) is 11.3 Å². The van der Waals surface area contributed by atoms with E-state index in [1.807, 2.05) is 74.6 Å². The molecule has 5 rings (SSSR count). The Kier molecular flexibility index (Phi) is 5.62. The topological polar surface area (TPSA) is 78.9 Å². The zero-order valence-corrected chi connectivity index (χ0v) is 19.2. The van der Waals surface area contributed by atoms with E-state index in [1.54, 1.807) is 6.33 Å². The van der Waals surface area contributed by atoms with Gasteiger partial charge in [-0.1, -0.05) is 36.4 Å². The number of benzene rings is 3. The number of amides is 1. The molecule has 7 heteroatoms. The zero-order valence-electron chi connectivity index (χ0n) is 18.3. The number of hydrogen-bond donors (Lipinski definition) is 3. The zero-order chi connectivity index (χ0) is 22.8. The quantitative estimate of drug-likeness (QED) is 0.291. The first-order valence-electron chi connectivity index (χ1n) is 10.7. The minimum atomic E-state index is -0.101. The number of rotatable bonds is 6. The lowest BCUT2D eigenvalue weighted by Gasteiger charge is -2.14. The Balaban J connectivity index is 1.35. The number of aromatic nitrogens is 2.